The van der Waals surface area contributed by atoms with Crippen molar-refractivity contribution in [1.29, 1.82) is 5.26 Å². The second-order valence-corrected chi connectivity index (χ2v) is 6.15. The van der Waals surface area contributed by atoms with E-state index in [1.807, 2.05) is 24.3 Å². The summed E-state index contributed by atoms with van der Waals surface area (Å²) in [6.45, 7) is 1.40. The highest BCUT2D eigenvalue weighted by atomic mass is 19.1. The molecule has 1 fully saturated rings. The van der Waals surface area contributed by atoms with Crippen LogP contribution in [0.15, 0.2) is 36.4 Å². The van der Waals surface area contributed by atoms with Gasteiger partial charge in [0.25, 0.3) is 0 Å². The molecule has 0 aromatic heterocycles. The van der Waals surface area contributed by atoms with E-state index in [0.717, 1.165) is 36.4 Å². The van der Waals surface area contributed by atoms with Crippen molar-refractivity contribution in [2.24, 2.45) is 0 Å². The monoisotopic (exact) mass is 340 g/mol. The molecule has 1 saturated heterocycles. The van der Waals surface area contributed by atoms with Crippen LogP contribution in [0.25, 0.3) is 0 Å². The van der Waals surface area contributed by atoms with Crippen molar-refractivity contribution in [1.82, 2.24) is 4.90 Å². The van der Waals surface area contributed by atoms with Crippen molar-refractivity contribution >= 4 is 0 Å². The van der Waals surface area contributed by atoms with Crippen LogP contribution in [0.5, 0.6) is 11.5 Å². The molecule has 4 nitrogen and oxygen atoms in total. The summed E-state index contributed by atoms with van der Waals surface area (Å²) in [6, 6.07) is 12.6. The molecule has 0 spiro atoms. The van der Waals surface area contributed by atoms with Crippen molar-refractivity contribution in [2.75, 3.05) is 20.8 Å². The third-order valence-corrected chi connectivity index (χ3v) is 4.72. The number of methoxy groups -OCH3 is 2. The molecule has 130 valence electrons. The van der Waals surface area contributed by atoms with E-state index < -0.39 is 0 Å². The summed E-state index contributed by atoms with van der Waals surface area (Å²) in [5, 5.41) is 8.88. The highest BCUT2D eigenvalue weighted by Gasteiger charge is 2.29. The standard InChI is InChI=1S/C20H21FN2O2/c1-24-16-7-8-20(25-2)17(11-16)19-4-3-9-23(19)13-15-6-5-14(12-22)10-18(15)21/h5-8,10-11,19H,3-4,9,13H2,1-2H3/t19-/m0/s1. The first-order valence-electron chi connectivity index (χ1n) is 8.30. The zero-order chi connectivity index (χ0) is 17.8. The van der Waals surface area contributed by atoms with Gasteiger partial charge in [0.2, 0.25) is 0 Å². The van der Waals surface area contributed by atoms with Crippen LogP contribution in [0, 0.1) is 17.1 Å². The molecule has 0 amide bonds. The van der Waals surface area contributed by atoms with Gasteiger partial charge in [0.1, 0.15) is 17.3 Å². The number of benzene rings is 2. The second-order valence-electron chi connectivity index (χ2n) is 6.15. The fraction of sp³-hybridized carbons (Fsp3) is 0.350. The lowest BCUT2D eigenvalue weighted by Gasteiger charge is -2.26. The first-order chi connectivity index (χ1) is 12.2. The first-order valence-corrected chi connectivity index (χ1v) is 8.30. The van der Waals surface area contributed by atoms with Gasteiger partial charge in [-0.15, -0.1) is 0 Å². The predicted molar refractivity (Wildman–Crippen MR) is 93.0 cm³/mol. The molecule has 2 aromatic carbocycles. The van der Waals surface area contributed by atoms with Crippen LogP contribution >= 0.6 is 0 Å². The Bertz CT molecular complexity index is 801. The van der Waals surface area contributed by atoms with Crippen molar-refractivity contribution in [2.45, 2.75) is 25.4 Å². The number of rotatable bonds is 5. The molecule has 3 rings (SSSR count). The van der Waals surface area contributed by atoms with E-state index in [1.165, 1.54) is 6.07 Å². The van der Waals surface area contributed by atoms with E-state index in [9.17, 15) is 4.39 Å². The summed E-state index contributed by atoms with van der Waals surface area (Å²) < 4.78 is 25.1. The maximum absolute atomic E-state index is 14.3. The van der Waals surface area contributed by atoms with Crippen LogP contribution < -0.4 is 9.47 Å². The van der Waals surface area contributed by atoms with Crippen LogP contribution in [0.3, 0.4) is 0 Å². The van der Waals surface area contributed by atoms with Gasteiger partial charge in [0.05, 0.1) is 25.9 Å². The van der Waals surface area contributed by atoms with Gasteiger partial charge in [-0.1, -0.05) is 6.07 Å². The fourth-order valence-corrected chi connectivity index (χ4v) is 3.43. The molecule has 2 aromatic rings. The predicted octanol–water partition coefficient (Wildman–Crippen LogP) is 4.05. The van der Waals surface area contributed by atoms with Gasteiger partial charge in [-0.2, -0.15) is 5.26 Å². The molecule has 0 aliphatic carbocycles. The normalized spacial score (nSPS) is 17.3. The summed E-state index contributed by atoms with van der Waals surface area (Å²) in [7, 11) is 3.30. The molecule has 1 heterocycles. The van der Waals surface area contributed by atoms with Crippen molar-refractivity contribution < 1.29 is 13.9 Å². The van der Waals surface area contributed by atoms with Gasteiger partial charge >= 0.3 is 0 Å². The molecular weight excluding hydrogens is 319 g/mol. The summed E-state index contributed by atoms with van der Waals surface area (Å²) in [6.07, 6.45) is 2.03. The van der Waals surface area contributed by atoms with Crippen LogP contribution in [0.4, 0.5) is 4.39 Å². The van der Waals surface area contributed by atoms with E-state index in [2.05, 4.69) is 4.90 Å². The Hall–Kier alpha value is -2.58. The molecule has 1 aliphatic rings. The number of nitrogens with zero attached hydrogens (tertiary/aromatic N) is 2. The Labute approximate surface area is 147 Å². The Kier molecular flexibility index (Phi) is 5.20. The summed E-state index contributed by atoms with van der Waals surface area (Å²) in [5.41, 5.74) is 2.01. The van der Waals surface area contributed by atoms with E-state index in [1.54, 1.807) is 26.4 Å². The third kappa shape index (κ3) is 3.59. The van der Waals surface area contributed by atoms with E-state index in [4.69, 9.17) is 14.7 Å². The highest BCUT2D eigenvalue weighted by molar-refractivity contribution is 5.43. The van der Waals surface area contributed by atoms with Crippen LogP contribution in [-0.4, -0.2) is 25.7 Å². The lowest BCUT2D eigenvalue weighted by atomic mass is 10.0. The van der Waals surface area contributed by atoms with Gasteiger partial charge in [-0.05, 0) is 49.7 Å². The minimum absolute atomic E-state index is 0.153. The zero-order valence-electron chi connectivity index (χ0n) is 14.5. The number of ether oxygens (including phenoxy) is 2. The molecule has 0 bridgehead atoms. The zero-order valence-corrected chi connectivity index (χ0v) is 14.5. The van der Waals surface area contributed by atoms with Crippen LogP contribution in [0.1, 0.15) is 35.6 Å². The largest absolute Gasteiger partial charge is 0.497 e. The third-order valence-electron chi connectivity index (χ3n) is 4.72. The lowest BCUT2D eigenvalue weighted by molar-refractivity contribution is 0.239. The van der Waals surface area contributed by atoms with Gasteiger partial charge in [0.15, 0.2) is 0 Å². The topological polar surface area (TPSA) is 45.5 Å². The van der Waals surface area contributed by atoms with Gasteiger partial charge in [-0.25, -0.2) is 4.39 Å². The second kappa shape index (κ2) is 7.54. The van der Waals surface area contributed by atoms with E-state index >= 15 is 0 Å². The van der Waals surface area contributed by atoms with E-state index in [0.29, 0.717) is 17.7 Å². The number of hydrogen-bond acceptors (Lipinski definition) is 4. The smallest absolute Gasteiger partial charge is 0.129 e. The molecule has 25 heavy (non-hydrogen) atoms. The van der Waals surface area contributed by atoms with Crippen molar-refractivity contribution in [3.05, 3.63) is 58.9 Å². The number of likely N-dealkylation sites (tertiary alicyclic amines) is 1. The molecular formula is C20H21FN2O2. The molecule has 0 N–H and O–H groups in total. The van der Waals surface area contributed by atoms with E-state index in [-0.39, 0.29) is 11.9 Å². The number of hydrogen-bond donors (Lipinski definition) is 0. The number of halogens is 1. The van der Waals surface area contributed by atoms with Crippen molar-refractivity contribution in [3.63, 3.8) is 0 Å². The Balaban J connectivity index is 1.87. The average molecular weight is 340 g/mol. The Morgan fingerprint density at radius 3 is 2.72 bits per heavy atom. The molecule has 5 heteroatoms. The van der Waals surface area contributed by atoms with Gasteiger partial charge in [0, 0.05) is 23.7 Å². The molecule has 0 unspecified atom stereocenters. The average Bonchev–Trinajstić information content (AvgIpc) is 3.10. The maximum Gasteiger partial charge on any atom is 0.129 e. The molecule has 0 radical (unpaired) electrons. The lowest BCUT2D eigenvalue weighted by Crippen LogP contribution is -2.23. The molecule has 1 aliphatic heterocycles. The highest BCUT2D eigenvalue weighted by Crippen LogP contribution is 2.39. The summed E-state index contributed by atoms with van der Waals surface area (Å²) >= 11 is 0. The van der Waals surface area contributed by atoms with Crippen molar-refractivity contribution in [3.8, 4) is 17.6 Å². The Morgan fingerprint density at radius 2 is 2.04 bits per heavy atom. The summed E-state index contributed by atoms with van der Waals surface area (Å²) in [4.78, 5) is 2.25. The quantitative estimate of drug-likeness (QED) is 0.824. The SMILES string of the molecule is COc1ccc(OC)c([C@@H]2CCCN2Cc2ccc(C#N)cc2F)c1. The van der Waals surface area contributed by atoms with Crippen LogP contribution in [-0.2, 0) is 6.54 Å². The number of nitriles is 1. The first kappa shape index (κ1) is 17.2. The van der Waals surface area contributed by atoms with Gasteiger partial charge in [-0.3, -0.25) is 4.90 Å². The minimum Gasteiger partial charge on any atom is -0.497 e. The van der Waals surface area contributed by atoms with Crippen LogP contribution in [0.2, 0.25) is 0 Å². The molecule has 1 atom stereocenters. The Morgan fingerprint density at radius 1 is 1.20 bits per heavy atom. The maximum atomic E-state index is 14.3. The molecule has 0 saturated carbocycles. The fourth-order valence-electron chi connectivity index (χ4n) is 3.43. The van der Waals surface area contributed by atoms with Gasteiger partial charge < -0.3 is 9.47 Å². The summed E-state index contributed by atoms with van der Waals surface area (Å²) in [5.74, 6) is 1.27. The minimum atomic E-state index is -0.331.